The van der Waals surface area contributed by atoms with Gasteiger partial charge < -0.3 is 10.2 Å². The van der Waals surface area contributed by atoms with E-state index < -0.39 is 0 Å². The molecule has 3 rings (SSSR count). The number of hydrogen-bond acceptors (Lipinski definition) is 3. The Morgan fingerprint density at radius 3 is 2.90 bits per heavy atom. The molecule has 1 aromatic carbocycles. The van der Waals surface area contributed by atoms with Gasteiger partial charge in [-0.25, -0.2) is 0 Å². The summed E-state index contributed by atoms with van der Waals surface area (Å²) in [6.07, 6.45) is 1.15. The van der Waals surface area contributed by atoms with Crippen LogP contribution < -0.4 is 5.32 Å². The molecule has 1 amide bonds. The van der Waals surface area contributed by atoms with E-state index in [1.165, 1.54) is 5.56 Å². The van der Waals surface area contributed by atoms with Crippen LogP contribution in [0.15, 0.2) is 24.3 Å². The number of rotatable bonds is 2. The fourth-order valence-corrected chi connectivity index (χ4v) is 3.45. The number of fused-ring (bicyclic) bond motifs is 1. The molecule has 0 bridgehead atoms. The lowest BCUT2D eigenvalue weighted by Crippen LogP contribution is -2.62. The fraction of sp³-hybridized carbons (Fsp3) is 0.562. The summed E-state index contributed by atoms with van der Waals surface area (Å²) in [5.74, 6) is 0.185. The molecule has 1 saturated heterocycles. The lowest BCUT2D eigenvalue weighted by atomic mass is 9.95. The molecule has 2 aliphatic heterocycles. The molecular formula is C16H23N3O. The first kappa shape index (κ1) is 13.6. The number of nitrogens with one attached hydrogen (secondary N) is 1. The van der Waals surface area contributed by atoms with Crippen LogP contribution in [0.3, 0.4) is 0 Å². The summed E-state index contributed by atoms with van der Waals surface area (Å²) in [4.78, 5) is 17.2. The normalized spacial score (nSPS) is 27.5. The lowest BCUT2D eigenvalue weighted by Gasteiger charge is -2.47. The van der Waals surface area contributed by atoms with Gasteiger partial charge in [0.05, 0.1) is 6.17 Å². The van der Waals surface area contributed by atoms with Crippen molar-refractivity contribution in [3.63, 3.8) is 0 Å². The molecule has 0 aromatic heterocycles. The third-order valence-electron chi connectivity index (χ3n) is 4.55. The summed E-state index contributed by atoms with van der Waals surface area (Å²) in [6, 6.07) is 8.52. The van der Waals surface area contributed by atoms with Gasteiger partial charge in [-0.3, -0.25) is 9.69 Å². The average Bonchev–Trinajstić information content (AvgIpc) is 2.48. The number of likely N-dealkylation sites (N-methyl/N-ethyl adjacent to an activating group) is 1. The van der Waals surface area contributed by atoms with E-state index in [0.717, 1.165) is 38.2 Å². The molecule has 0 radical (unpaired) electrons. The van der Waals surface area contributed by atoms with Crippen LogP contribution >= 0.6 is 0 Å². The van der Waals surface area contributed by atoms with Gasteiger partial charge in [0.15, 0.2) is 0 Å². The van der Waals surface area contributed by atoms with Crippen LogP contribution in [0.25, 0.3) is 0 Å². The highest BCUT2D eigenvalue weighted by Crippen LogP contribution is 2.26. The minimum absolute atomic E-state index is 0.185. The first-order valence-electron chi connectivity index (χ1n) is 7.57. The largest absolute Gasteiger partial charge is 0.323 e. The molecule has 1 aromatic rings. The van der Waals surface area contributed by atoms with E-state index in [2.05, 4.69) is 30.1 Å². The van der Waals surface area contributed by atoms with E-state index in [9.17, 15) is 4.79 Å². The number of carbonyl (C=O) groups is 1. The maximum atomic E-state index is 12.7. The van der Waals surface area contributed by atoms with Gasteiger partial charge >= 0.3 is 0 Å². The fourth-order valence-electron chi connectivity index (χ4n) is 3.45. The van der Waals surface area contributed by atoms with Crippen molar-refractivity contribution in [1.29, 1.82) is 0 Å². The Bertz CT molecular complexity index is 502. The van der Waals surface area contributed by atoms with Crippen molar-refractivity contribution in [2.75, 3.05) is 26.2 Å². The molecule has 108 valence electrons. The Kier molecular flexibility index (Phi) is 3.76. The van der Waals surface area contributed by atoms with Crippen LogP contribution in [0.4, 0.5) is 0 Å². The van der Waals surface area contributed by atoms with Gasteiger partial charge in [-0.05, 0) is 25.5 Å². The molecule has 0 saturated carbocycles. The summed E-state index contributed by atoms with van der Waals surface area (Å²) in [6.45, 7) is 8.11. The van der Waals surface area contributed by atoms with E-state index in [1.807, 2.05) is 23.1 Å². The van der Waals surface area contributed by atoms with Gasteiger partial charge in [-0.15, -0.1) is 0 Å². The van der Waals surface area contributed by atoms with Crippen LogP contribution in [-0.4, -0.2) is 54.1 Å². The second-order valence-corrected chi connectivity index (χ2v) is 5.72. The molecule has 1 N–H and O–H groups in total. The quantitative estimate of drug-likeness (QED) is 0.883. The second-order valence-electron chi connectivity index (χ2n) is 5.72. The summed E-state index contributed by atoms with van der Waals surface area (Å²) in [5, 5.41) is 3.42. The first-order valence-corrected chi connectivity index (χ1v) is 7.57. The SMILES string of the molecule is CCN1C(=O)c2ccccc2CC1N1CCNCC1C. The third kappa shape index (κ3) is 2.23. The molecule has 2 unspecified atom stereocenters. The average molecular weight is 273 g/mol. The van der Waals surface area contributed by atoms with Crippen LogP contribution in [0.2, 0.25) is 0 Å². The number of amides is 1. The van der Waals surface area contributed by atoms with E-state index in [-0.39, 0.29) is 12.1 Å². The van der Waals surface area contributed by atoms with E-state index in [4.69, 9.17) is 0 Å². The molecule has 2 atom stereocenters. The Hall–Kier alpha value is -1.39. The van der Waals surface area contributed by atoms with Crippen LogP contribution in [-0.2, 0) is 6.42 Å². The highest BCUT2D eigenvalue weighted by Gasteiger charge is 2.37. The predicted molar refractivity (Wildman–Crippen MR) is 79.7 cm³/mol. The zero-order chi connectivity index (χ0) is 14.1. The molecule has 2 heterocycles. The molecule has 0 spiro atoms. The maximum absolute atomic E-state index is 12.7. The van der Waals surface area contributed by atoms with Crippen LogP contribution in [0.1, 0.15) is 29.8 Å². The van der Waals surface area contributed by atoms with Gasteiger partial charge in [-0.1, -0.05) is 18.2 Å². The van der Waals surface area contributed by atoms with Crippen molar-refractivity contribution in [3.05, 3.63) is 35.4 Å². The third-order valence-corrected chi connectivity index (χ3v) is 4.55. The smallest absolute Gasteiger partial charge is 0.255 e. The van der Waals surface area contributed by atoms with Gasteiger partial charge in [-0.2, -0.15) is 0 Å². The Morgan fingerprint density at radius 2 is 2.15 bits per heavy atom. The number of nitrogens with zero attached hydrogens (tertiary/aromatic N) is 2. The Morgan fingerprint density at radius 1 is 1.35 bits per heavy atom. The van der Waals surface area contributed by atoms with Gasteiger partial charge in [0.25, 0.3) is 5.91 Å². The van der Waals surface area contributed by atoms with Crippen LogP contribution in [0.5, 0.6) is 0 Å². The monoisotopic (exact) mass is 273 g/mol. The molecule has 20 heavy (non-hydrogen) atoms. The van der Waals surface area contributed by atoms with Gasteiger partial charge in [0.2, 0.25) is 0 Å². The van der Waals surface area contributed by atoms with Crippen LogP contribution in [0, 0.1) is 0 Å². The number of piperazine rings is 1. The van der Waals surface area contributed by atoms with Crippen molar-refractivity contribution in [1.82, 2.24) is 15.1 Å². The molecule has 0 aliphatic carbocycles. The summed E-state index contributed by atoms with van der Waals surface area (Å²) >= 11 is 0. The first-order chi connectivity index (χ1) is 9.72. The van der Waals surface area contributed by atoms with Gasteiger partial charge in [0.1, 0.15) is 0 Å². The maximum Gasteiger partial charge on any atom is 0.255 e. The van der Waals surface area contributed by atoms with E-state index >= 15 is 0 Å². The van der Waals surface area contributed by atoms with Crippen molar-refractivity contribution in [2.45, 2.75) is 32.5 Å². The second kappa shape index (κ2) is 5.54. The van der Waals surface area contributed by atoms with Crippen molar-refractivity contribution in [3.8, 4) is 0 Å². The molecule has 2 aliphatic rings. The lowest BCUT2D eigenvalue weighted by molar-refractivity contribution is 0.00530. The molecule has 4 nitrogen and oxygen atoms in total. The van der Waals surface area contributed by atoms with Crippen molar-refractivity contribution < 1.29 is 4.79 Å². The summed E-state index contributed by atoms with van der Waals surface area (Å²) in [7, 11) is 0. The van der Waals surface area contributed by atoms with Crippen molar-refractivity contribution >= 4 is 5.91 Å². The van der Waals surface area contributed by atoms with Gasteiger partial charge in [0, 0.05) is 44.2 Å². The summed E-state index contributed by atoms with van der Waals surface area (Å²) < 4.78 is 0. The van der Waals surface area contributed by atoms with E-state index in [1.54, 1.807) is 0 Å². The summed E-state index contributed by atoms with van der Waals surface area (Å²) in [5.41, 5.74) is 2.08. The zero-order valence-electron chi connectivity index (χ0n) is 12.3. The molecule has 4 heteroatoms. The highest BCUT2D eigenvalue weighted by atomic mass is 16.2. The minimum atomic E-state index is 0.185. The molecule has 1 fully saturated rings. The zero-order valence-corrected chi connectivity index (χ0v) is 12.3. The predicted octanol–water partition coefficient (Wildman–Crippen LogP) is 1.32. The van der Waals surface area contributed by atoms with Crippen molar-refractivity contribution in [2.24, 2.45) is 0 Å². The van der Waals surface area contributed by atoms with E-state index in [0.29, 0.717) is 6.04 Å². The highest BCUT2D eigenvalue weighted by molar-refractivity contribution is 5.97. The number of carbonyl (C=O) groups excluding carboxylic acids is 1. The Labute approximate surface area is 120 Å². The Balaban J connectivity index is 1.93. The topological polar surface area (TPSA) is 35.6 Å². The minimum Gasteiger partial charge on any atom is -0.323 e. The molecular weight excluding hydrogens is 250 g/mol. The number of hydrogen-bond donors (Lipinski definition) is 1. The number of benzene rings is 1. The standard InChI is InChI=1S/C16H23N3O/c1-3-18-15(19-9-8-17-11-12(19)2)10-13-6-4-5-7-14(13)16(18)20/h4-7,12,15,17H,3,8-11H2,1-2H3.